The first-order valence-corrected chi connectivity index (χ1v) is 9.11. The molecule has 1 fully saturated rings. The molecule has 6 heteroatoms. The topological polar surface area (TPSA) is 48.9 Å². The summed E-state index contributed by atoms with van der Waals surface area (Å²) in [6.45, 7) is 12.1. The quantitative estimate of drug-likeness (QED) is 0.285. The standard InChI is InChI=1S/C19H32N4O.HI/c1-4-20-19(22-13-18-9-6-5-7-10-18)21-11-8-12-23-14-16(2)24-17(3)15-23;/h5-7,9-10,16-17H,4,8,11-15H2,1-3H3,(H2,20,21,22);1H. The van der Waals surface area contributed by atoms with Crippen LogP contribution >= 0.6 is 24.0 Å². The molecule has 2 N–H and O–H groups in total. The van der Waals surface area contributed by atoms with E-state index in [1.165, 1.54) is 5.56 Å². The number of benzene rings is 1. The highest BCUT2D eigenvalue weighted by Crippen LogP contribution is 2.10. The number of morpholine rings is 1. The minimum Gasteiger partial charge on any atom is -0.373 e. The molecule has 1 aromatic rings. The molecule has 0 aromatic heterocycles. The normalized spacial score (nSPS) is 21.5. The molecule has 142 valence electrons. The van der Waals surface area contributed by atoms with Gasteiger partial charge in [-0.2, -0.15) is 0 Å². The van der Waals surface area contributed by atoms with E-state index in [1.54, 1.807) is 0 Å². The van der Waals surface area contributed by atoms with Crippen molar-refractivity contribution in [1.82, 2.24) is 15.5 Å². The summed E-state index contributed by atoms with van der Waals surface area (Å²) < 4.78 is 5.78. The maximum absolute atomic E-state index is 5.78. The Labute approximate surface area is 169 Å². The lowest BCUT2D eigenvalue weighted by molar-refractivity contribution is -0.0679. The molecule has 2 rings (SSSR count). The van der Waals surface area contributed by atoms with Crippen molar-refractivity contribution in [2.75, 3.05) is 32.7 Å². The summed E-state index contributed by atoms with van der Waals surface area (Å²) in [6, 6.07) is 10.3. The molecule has 2 atom stereocenters. The average molecular weight is 460 g/mol. The van der Waals surface area contributed by atoms with Crippen LogP contribution in [0.4, 0.5) is 0 Å². The van der Waals surface area contributed by atoms with Gasteiger partial charge in [0.15, 0.2) is 5.96 Å². The number of nitrogens with zero attached hydrogens (tertiary/aromatic N) is 2. The molecule has 1 aliphatic heterocycles. The zero-order valence-electron chi connectivity index (χ0n) is 15.7. The number of hydrogen-bond acceptors (Lipinski definition) is 3. The summed E-state index contributed by atoms with van der Waals surface area (Å²) in [7, 11) is 0. The second kappa shape index (κ2) is 12.5. The Balaban J connectivity index is 0.00000312. The number of guanidine groups is 1. The van der Waals surface area contributed by atoms with Gasteiger partial charge in [0.25, 0.3) is 0 Å². The monoisotopic (exact) mass is 460 g/mol. The maximum atomic E-state index is 5.78. The first kappa shape index (κ1) is 22.2. The number of aliphatic imine (C=N–C) groups is 1. The molecule has 1 heterocycles. The zero-order valence-corrected chi connectivity index (χ0v) is 18.0. The van der Waals surface area contributed by atoms with Crippen LogP contribution in [0.5, 0.6) is 0 Å². The number of ether oxygens (including phenoxy) is 1. The molecule has 0 amide bonds. The molecule has 0 radical (unpaired) electrons. The number of hydrogen-bond donors (Lipinski definition) is 2. The second-order valence-electron chi connectivity index (χ2n) is 6.48. The van der Waals surface area contributed by atoms with Crippen LogP contribution in [0.1, 0.15) is 32.8 Å². The molecular weight excluding hydrogens is 427 g/mol. The summed E-state index contributed by atoms with van der Waals surface area (Å²) in [5.41, 5.74) is 1.23. The van der Waals surface area contributed by atoms with Crippen molar-refractivity contribution in [3.05, 3.63) is 35.9 Å². The third kappa shape index (κ3) is 8.87. The zero-order chi connectivity index (χ0) is 17.2. The van der Waals surface area contributed by atoms with Crippen molar-refractivity contribution >= 4 is 29.9 Å². The van der Waals surface area contributed by atoms with Crippen LogP contribution in [0.3, 0.4) is 0 Å². The molecule has 0 spiro atoms. The van der Waals surface area contributed by atoms with Gasteiger partial charge in [0.1, 0.15) is 0 Å². The summed E-state index contributed by atoms with van der Waals surface area (Å²) in [5.74, 6) is 0.894. The van der Waals surface area contributed by atoms with Gasteiger partial charge in [-0.15, -0.1) is 24.0 Å². The van der Waals surface area contributed by atoms with Crippen molar-refractivity contribution in [3.8, 4) is 0 Å². The van der Waals surface area contributed by atoms with Crippen LogP contribution in [0, 0.1) is 0 Å². The van der Waals surface area contributed by atoms with Gasteiger partial charge >= 0.3 is 0 Å². The van der Waals surface area contributed by atoms with Gasteiger partial charge in [0.05, 0.1) is 18.8 Å². The SMILES string of the molecule is CCNC(=NCc1ccccc1)NCCCN1CC(C)OC(C)C1.I. The van der Waals surface area contributed by atoms with E-state index in [9.17, 15) is 0 Å². The smallest absolute Gasteiger partial charge is 0.191 e. The van der Waals surface area contributed by atoms with Crippen LogP contribution in [0.2, 0.25) is 0 Å². The maximum Gasteiger partial charge on any atom is 0.191 e. The van der Waals surface area contributed by atoms with Crippen molar-refractivity contribution < 1.29 is 4.74 Å². The van der Waals surface area contributed by atoms with E-state index in [2.05, 4.69) is 65.6 Å². The molecule has 1 aromatic carbocycles. The number of nitrogens with one attached hydrogen (secondary N) is 2. The molecule has 5 nitrogen and oxygen atoms in total. The van der Waals surface area contributed by atoms with E-state index in [1.807, 2.05) is 6.07 Å². The van der Waals surface area contributed by atoms with Crippen LogP contribution in [0.15, 0.2) is 35.3 Å². The molecule has 1 aliphatic rings. The Morgan fingerprint density at radius 2 is 1.84 bits per heavy atom. The first-order chi connectivity index (χ1) is 11.7. The van der Waals surface area contributed by atoms with Gasteiger partial charge in [-0.3, -0.25) is 4.90 Å². The van der Waals surface area contributed by atoms with Crippen LogP contribution < -0.4 is 10.6 Å². The number of halogens is 1. The van der Waals surface area contributed by atoms with E-state index in [4.69, 9.17) is 4.74 Å². The minimum absolute atomic E-state index is 0. The summed E-state index contributed by atoms with van der Waals surface area (Å²) in [6.07, 6.45) is 1.78. The Morgan fingerprint density at radius 3 is 2.48 bits per heavy atom. The Bertz CT molecular complexity index is 487. The van der Waals surface area contributed by atoms with Crippen LogP contribution in [-0.2, 0) is 11.3 Å². The van der Waals surface area contributed by atoms with Crippen molar-refractivity contribution in [1.29, 1.82) is 0 Å². The van der Waals surface area contributed by atoms with Crippen LogP contribution in [-0.4, -0.2) is 55.8 Å². The highest BCUT2D eigenvalue weighted by Gasteiger charge is 2.21. The van der Waals surface area contributed by atoms with Crippen LogP contribution in [0.25, 0.3) is 0 Å². The van der Waals surface area contributed by atoms with E-state index < -0.39 is 0 Å². The largest absolute Gasteiger partial charge is 0.373 e. The van der Waals surface area contributed by atoms with E-state index >= 15 is 0 Å². The Hall–Kier alpha value is -0.860. The minimum atomic E-state index is 0. The molecule has 2 unspecified atom stereocenters. The summed E-state index contributed by atoms with van der Waals surface area (Å²) >= 11 is 0. The van der Waals surface area contributed by atoms with Gasteiger partial charge < -0.3 is 15.4 Å². The lowest BCUT2D eigenvalue weighted by atomic mass is 10.2. The second-order valence-corrected chi connectivity index (χ2v) is 6.48. The molecular formula is C19H33IN4O. The van der Waals surface area contributed by atoms with Gasteiger partial charge in [-0.05, 0) is 32.8 Å². The molecule has 0 saturated carbocycles. The van der Waals surface area contributed by atoms with Gasteiger partial charge in [0, 0.05) is 32.7 Å². The van der Waals surface area contributed by atoms with Crippen molar-refractivity contribution in [3.63, 3.8) is 0 Å². The predicted octanol–water partition coefficient (Wildman–Crippen LogP) is 2.86. The lowest BCUT2D eigenvalue weighted by Crippen LogP contribution is -2.46. The fourth-order valence-electron chi connectivity index (χ4n) is 3.07. The van der Waals surface area contributed by atoms with Gasteiger partial charge in [0.2, 0.25) is 0 Å². The summed E-state index contributed by atoms with van der Waals surface area (Å²) in [4.78, 5) is 7.15. The van der Waals surface area contributed by atoms with E-state index in [-0.39, 0.29) is 24.0 Å². The third-order valence-corrected chi connectivity index (χ3v) is 4.05. The molecule has 0 bridgehead atoms. The summed E-state index contributed by atoms with van der Waals surface area (Å²) in [5, 5.41) is 6.74. The highest BCUT2D eigenvalue weighted by atomic mass is 127. The third-order valence-electron chi connectivity index (χ3n) is 4.05. The molecule has 1 saturated heterocycles. The van der Waals surface area contributed by atoms with E-state index in [0.29, 0.717) is 18.8 Å². The highest BCUT2D eigenvalue weighted by molar-refractivity contribution is 14.0. The average Bonchev–Trinajstić information content (AvgIpc) is 2.56. The fourth-order valence-corrected chi connectivity index (χ4v) is 3.07. The fraction of sp³-hybridized carbons (Fsp3) is 0.632. The van der Waals surface area contributed by atoms with Gasteiger partial charge in [-0.1, -0.05) is 30.3 Å². The lowest BCUT2D eigenvalue weighted by Gasteiger charge is -2.35. The predicted molar refractivity (Wildman–Crippen MR) is 116 cm³/mol. The Kier molecular flexibility index (Phi) is 11.1. The Morgan fingerprint density at radius 1 is 1.16 bits per heavy atom. The molecule has 25 heavy (non-hydrogen) atoms. The van der Waals surface area contributed by atoms with Crippen molar-refractivity contribution in [2.45, 2.75) is 45.9 Å². The first-order valence-electron chi connectivity index (χ1n) is 9.11. The van der Waals surface area contributed by atoms with E-state index in [0.717, 1.165) is 45.1 Å². The molecule has 0 aliphatic carbocycles. The van der Waals surface area contributed by atoms with Gasteiger partial charge in [-0.25, -0.2) is 4.99 Å². The van der Waals surface area contributed by atoms with Crippen molar-refractivity contribution in [2.24, 2.45) is 4.99 Å². The number of rotatable bonds is 7.